The number of nitrogens with zero attached hydrogens (tertiary/aromatic N) is 1. The molecule has 0 spiro atoms. The second kappa shape index (κ2) is 21.2. The molecule has 3 nitrogen and oxygen atoms in total. The van der Waals surface area contributed by atoms with Crippen molar-refractivity contribution in [2.24, 2.45) is 0 Å². The smallest absolute Gasteiger partial charge is 0.253 e. The van der Waals surface area contributed by atoms with Crippen LogP contribution in [0.25, 0.3) is 11.1 Å². The summed E-state index contributed by atoms with van der Waals surface area (Å²) in [6, 6.07) is 15.9. The van der Waals surface area contributed by atoms with Gasteiger partial charge in [0.1, 0.15) is 0 Å². The number of carbonyl (C=O) groups is 1. The third kappa shape index (κ3) is 10.3. The first kappa shape index (κ1) is 30.6. The van der Waals surface area contributed by atoms with E-state index < -0.39 is 0 Å². The van der Waals surface area contributed by atoms with Crippen molar-refractivity contribution in [3.63, 3.8) is 0 Å². The highest BCUT2D eigenvalue weighted by molar-refractivity contribution is 6.00. The van der Waals surface area contributed by atoms with E-state index in [2.05, 4.69) is 17.4 Å². The Hall–Kier alpha value is -2.13. The first-order valence-corrected chi connectivity index (χ1v) is 10.7. The molecule has 0 aromatic heterocycles. The van der Waals surface area contributed by atoms with Crippen molar-refractivity contribution in [2.45, 2.75) is 61.9 Å². The zero-order valence-electron chi connectivity index (χ0n) is 20.2. The maximum absolute atomic E-state index is 12.3. The molecular weight excluding hydrogens is 344 g/mol. The van der Waals surface area contributed by atoms with Crippen molar-refractivity contribution in [2.75, 3.05) is 21.1 Å². The fourth-order valence-electron chi connectivity index (χ4n) is 2.27. The van der Waals surface area contributed by atoms with Gasteiger partial charge in [0.05, 0.1) is 0 Å². The molecule has 2 rings (SSSR count). The van der Waals surface area contributed by atoms with Crippen LogP contribution in [0.5, 0.6) is 0 Å². The van der Waals surface area contributed by atoms with Crippen molar-refractivity contribution in [1.82, 2.24) is 10.2 Å². The fourth-order valence-corrected chi connectivity index (χ4v) is 2.27. The number of hydrogen-bond donors (Lipinski definition) is 1. The van der Waals surface area contributed by atoms with Crippen LogP contribution in [0.15, 0.2) is 48.5 Å². The molecule has 0 unspecified atom stereocenters. The first-order valence-electron chi connectivity index (χ1n) is 10.7. The summed E-state index contributed by atoms with van der Waals surface area (Å²) in [5.74, 6) is 0.0276. The Bertz CT molecular complexity index is 607. The monoisotopic (exact) mass is 388 g/mol. The van der Waals surface area contributed by atoms with Crippen molar-refractivity contribution in [3.8, 4) is 11.1 Å². The lowest BCUT2D eigenvalue weighted by molar-refractivity contribution is 0.0828. The molecule has 0 heterocycles. The fraction of sp³-hybridized carbons (Fsp3) is 0.480. The van der Waals surface area contributed by atoms with Crippen LogP contribution in [0.2, 0.25) is 0 Å². The molecule has 1 N–H and O–H groups in total. The Morgan fingerprint density at radius 3 is 1.64 bits per heavy atom. The van der Waals surface area contributed by atoms with Gasteiger partial charge in [0.2, 0.25) is 0 Å². The van der Waals surface area contributed by atoms with E-state index in [-0.39, 0.29) is 5.91 Å². The van der Waals surface area contributed by atoms with Crippen LogP contribution in [0.1, 0.15) is 71.3 Å². The number of nitrogens with one attached hydrogen (secondary N) is 1. The van der Waals surface area contributed by atoms with E-state index >= 15 is 0 Å². The lowest BCUT2D eigenvalue weighted by Crippen LogP contribution is -2.22. The highest BCUT2D eigenvalue weighted by Gasteiger charge is 2.15. The Morgan fingerprint density at radius 1 is 0.750 bits per heavy atom. The number of rotatable bonds is 4. The van der Waals surface area contributed by atoms with Crippen LogP contribution in [-0.4, -0.2) is 32.0 Å². The molecule has 2 aromatic rings. The molecule has 3 heteroatoms. The van der Waals surface area contributed by atoms with Gasteiger partial charge in [-0.2, -0.15) is 0 Å². The summed E-state index contributed by atoms with van der Waals surface area (Å²) in [5, 5.41) is 3.17. The largest absolute Gasteiger partial charge is 0.345 e. The summed E-state index contributed by atoms with van der Waals surface area (Å²) in [6.45, 7) is 16.8. The third-order valence-corrected chi connectivity index (χ3v) is 3.24. The topological polar surface area (TPSA) is 32.3 Å². The zero-order chi connectivity index (χ0) is 22.5. The predicted molar refractivity (Wildman–Crippen MR) is 128 cm³/mol. The van der Waals surface area contributed by atoms with Crippen molar-refractivity contribution >= 4 is 5.91 Å². The van der Waals surface area contributed by atoms with Crippen LogP contribution >= 0.6 is 0 Å². The molecule has 160 valence electrons. The first-order chi connectivity index (χ1) is 13.6. The van der Waals surface area contributed by atoms with E-state index in [0.717, 1.165) is 23.2 Å². The molecule has 0 saturated carbocycles. The summed E-state index contributed by atoms with van der Waals surface area (Å²) >= 11 is 0. The van der Waals surface area contributed by atoms with Gasteiger partial charge in [-0.25, -0.2) is 0 Å². The van der Waals surface area contributed by atoms with Crippen LogP contribution in [0.3, 0.4) is 0 Å². The summed E-state index contributed by atoms with van der Waals surface area (Å²) in [7, 11) is 5.48. The Morgan fingerprint density at radius 2 is 1.18 bits per heavy atom. The number of hydrogen-bond acceptors (Lipinski definition) is 2. The van der Waals surface area contributed by atoms with Gasteiger partial charge < -0.3 is 10.2 Å². The normalized spacial score (nSPS) is 8.25. The van der Waals surface area contributed by atoms with Gasteiger partial charge >= 0.3 is 0 Å². The van der Waals surface area contributed by atoms with E-state index in [4.69, 9.17) is 0 Å². The number of carbonyl (C=O) groups excluding carboxylic acids is 1. The van der Waals surface area contributed by atoms with Gasteiger partial charge in [0.25, 0.3) is 5.91 Å². The molecule has 0 bridgehead atoms. The van der Waals surface area contributed by atoms with Gasteiger partial charge in [0, 0.05) is 26.2 Å². The Labute approximate surface area is 175 Å². The maximum Gasteiger partial charge on any atom is 0.253 e. The molecular formula is C25H44N2O. The molecule has 0 radical (unpaired) electrons. The molecule has 0 atom stereocenters. The molecule has 2 aromatic carbocycles. The van der Waals surface area contributed by atoms with Gasteiger partial charge in [-0.05, 0) is 29.8 Å². The van der Waals surface area contributed by atoms with Gasteiger partial charge in [0.15, 0.2) is 0 Å². The number of amides is 1. The van der Waals surface area contributed by atoms with Crippen LogP contribution < -0.4 is 5.32 Å². The van der Waals surface area contributed by atoms with Gasteiger partial charge in [-0.3, -0.25) is 4.79 Å². The van der Waals surface area contributed by atoms with Crippen molar-refractivity contribution < 1.29 is 4.79 Å². The van der Waals surface area contributed by atoms with Crippen LogP contribution in [-0.2, 0) is 6.54 Å². The second-order valence-electron chi connectivity index (χ2n) is 4.93. The van der Waals surface area contributed by atoms with E-state index in [9.17, 15) is 4.79 Å². The Kier molecular flexibility index (Phi) is 23.1. The molecule has 0 aliphatic rings. The van der Waals surface area contributed by atoms with Crippen molar-refractivity contribution in [3.05, 3.63) is 59.7 Å². The van der Waals surface area contributed by atoms with E-state index in [0.29, 0.717) is 0 Å². The van der Waals surface area contributed by atoms with E-state index in [1.165, 1.54) is 5.56 Å². The molecule has 28 heavy (non-hydrogen) atoms. The Balaban J connectivity index is -0.000000695. The highest BCUT2D eigenvalue weighted by atomic mass is 16.2. The summed E-state index contributed by atoms with van der Waals surface area (Å²) in [5.41, 5.74) is 4.01. The lowest BCUT2D eigenvalue weighted by atomic mass is 9.95. The SMILES string of the molecule is CC.CC.CC.CC.CNCc1ccccc1-c1ccccc1C(=O)N(C)C. The minimum Gasteiger partial charge on any atom is -0.345 e. The highest BCUT2D eigenvalue weighted by Crippen LogP contribution is 2.27. The average Bonchev–Trinajstić information content (AvgIpc) is 2.79. The minimum absolute atomic E-state index is 0.0276. The molecule has 1 amide bonds. The molecule has 0 saturated heterocycles. The number of benzene rings is 2. The van der Waals surface area contributed by atoms with E-state index in [1.807, 2.05) is 98.8 Å². The van der Waals surface area contributed by atoms with Crippen LogP contribution in [0, 0.1) is 0 Å². The third-order valence-electron chi connectivity index (χ3n) is 3.24. The predicted octanol–water partition coefficient (Wildman–Crippen LogP) is 6.88. The summed E-state index contributed by atoms with van der Waals surface area (Å²) in [6.07, 6.45) is 0. The van der Waals surface area contributed by atoms with Gasteiger partial charge in [-0.15, -0.1) is 0 Å². The zero-order valence-corrected chi connectivity index (χ0v) is 20.2. The maximum atomic E-state index is 12.3. The van der Waals surface area contributed by atoms with Crippen LogP contribution in [0.4, 0.5) is 0 Å². The van der Waals surface area contributed by atoms with Crippen molar-refractivity contribution in [1.29, 1.82) is 0 Å². The second-order valence-corrected chi connectivity index (χ2v) is 4.93. The summed E-state index contributed by atoms with van der Waals surface area (Å²) < 4.78 is 0. The molecule has 0 aliphatic carbocycles. The lowest BCUT2D eigenvalue weighted by Gasteiger charge is -2.16. The average molecular weight is 389 g/mol. The molecule has 0 aliphatic heterocycles. The summed E-state index contributed by atoms with van der Waals surface area (Å²) in [4.78, 5) is 13.9. The van der Waals surface area contributed by atoms with Gasteiger partial charge in [-0.1, -0.05) is 97.9 Å². The minimum atomic E-state index is 0.0276. The molecule has 0 fully saturated rings. The van der Waals surface area contributed by atoms with E-state index in [1.54, 1.807) is 19.0 Å². The standard InChI is InChI=1S/C17H20N2O.4C2H6/c1-18-12-13-8-4-5-9-14(13)15-10-6-7-11-16(15)17(20)19(2)3;4*1-2/h4-11,18H,12H2,1-3H3;4*1-2H3. The quantitative estimate of drug-likeness (QED) is 0.619.